The topological polar surface area (TPSA) is 63.7 Å². The van der Waals surface area contributed by atoms with Crippen LogP contribution in [-0.4, -0.2) is 42.9 Å². The van der Waals surface area contributed by atoms with Gasteiger partial charge in [0.1, 0.15) is 5.75 Å². The number of amides is 1. The number of benzene rings is 2. The second-order valence-electron chi connectivity index (χ2n) is 7.99. The number of rotatable bonds is 7. The summed E-state index contributed by atoms with van der Waals surface area (Å²) in [5, 5.41) is 0. The molecule has 1 heterocycles. The van der Waals surface area contributed by atoms with Gasteiger partial charge in [0.05, 0.1) is 11.5 Å². The fourth-order valence-electron chi connectivity index (χ4n) is 3.61. The predicted octanol–water partition coefficient (Wildman–Crippen LogP) is 3.79. The number of ether oxygens (including phenoxy) is 1. The first-order chi connectivity index (χ1) is 13.7. The van der Waals surface area contributed by atoms with Gasteiger partial charge in [0.2, 0.25) is 0 Å². The second kappa shape index (κ2) is 8.99. The second-order valence-corrected chi connectivity index (χ2v) is 10.2. The van der Waals surface area contributed by atoms with Gasteiger partial charge in [-0.3, -0.25) is 4.79 Å². The Morgan fingerprint density at radius 3 is 2.28 bits per heavy atom. The number of sulfone groups is 1. The molecule has 2 aromatic carbocycles. The molecule has 0 aromatic heterocycles. The highest BCUT2D eigenvalue weighted by molar-refractivity contribution is 7.91. The molecule has 6 heteroatoms. The summed E-state index contributed by atoms with van der Waals surface area (Å²) in [5.41, 5.74) is 2.18. The van der Waals surface area contributed by atoms with E-state index >= 15 is 0 Å². The number of hydrogen-bond acceptors (Lipinski definition) is 4. The van der Waals surface area contributed by atoms with E-state index in [1.54, 1.807) is 11.8 Å². The summed E-state index contributed by atoms with van der Waals surface area (Å²) in [6.45, 7) is 6.35. The molecule has 5 nitrogen and oxygen atoms in total. The molecule has 0 saturated carbocycles. The minimum atomic E-state index is -3.10. The summed E-state index contributed by atoms with van der Waals surface area (Å²) >= 11 is 0. The summed E-state index contributed by atoms with van der Waals surface area (Å²) in [4.78, 5) is 14.9. The molecular formula is C23H29NO4S. The maximum Gasteiger partial charge on any atom is 0.263 e. The minimum Gasteiger partial charge on any atom is -0.481 e. The van der Waals surface area contributed by atoms with Gasteiger partial charge in [0.25, 0.3) is 5.91 Å². The predicted molar refractivity (Wildman–Crippen MR) is 115 cm³/mol. The van der Waals surface area contributed by atoms with Gasteiger partial charge in [0.15, 0.2) is 15.9 Å². The van der Waals surface area contributed by atoms with Gasteiger partial charge >= 0.3 is 0 Å². The van der Waals surface area contributed by atoms with E-state index in [-0.39, 0.29) is 23.5 Å². The molecular weight excluding hydrogens is 386 g/mol. The molecule has 1 fully saturated rings. The van der Waals surface area contributed by atoms with Crippen LogP contribution in [-0.2, 0) is 21.2 Å². The van der Waals surface area contributed by atoms with Gasteiger partial charge in [-0.25, -0.2) is 8.42 Å². The largest absolute Gasteiger partial charge is 0.481 e. The van der Waals surface area contributed by atoms with Gasteiger partial charge in [-0.15, -0.1) is 0 Å². The van der Waals surface area contributed by atoms with E-state index in [1.807, 2.05) is 54.6 Å². The maximum absolute atomic E-state index is 13.2. The molecule has 2 unspecified atom stereocenters. The zero-order chi connectivity index (χ0) is 21.0. The van der Waals surface area contributed by atoms with Crippen molar-refractivity contribution in [3.63, 3.8) is 0 Å². The molecule has 1 aliphatic rings. The standard InChI is InChI=1S/C23H29NO4S/c1-17(2)20-9-11-22(12-10-20)28-18(3)23(25)24(15-19-7-5-4-6-8-19)21-13-14-29(26,27)16-21/h4-12,17-18,21H,13-16H2,1-3H3. The average molecular weight is 416 g/mol. The van der Waals surface area contributed by atoms with Crippen LogP contribution in [0, 0.1) is 0 Å². The van der Waals surface area contributed by atoms with Crippen LogP contribution in [0.1, 0.15) is 44.2 Å². The van der Waals surface area contributed by atoms with Crippen LogP contribution in [0.25, 0.3) is 0 Å². The lowest BCUT2D eigenvalue weighted by Crippen LogP contribution is -2.46. The van der Waals surface area contributed by atoms with Gasteiger partial charge < -0.3 is 9.64 Å². The molecule has 0 aliphatic carbocycles. The van der Waals surface area contributed by atoms with Crippen molar-refractivity contribution in [2.24, 2.45) is 0 Å². The molecule has 0 radical (unpaired) electrons. The highest BCUT2D eigenvalue weighted by Gasteiger charge is 2.36. The first kappa shape index (κ1) is 21.4. The highest BCUT2D eigenvalue weighted by Crippen LogP contribution is 2.23. The quantitative estimate of drug-likeness (QED) is 0.690. The van der Waals surface area contributed by atoms with Crippen molar-refractivity contribution >= 4 is 15.7 Å². The number of nitrogens with zero attached hydrogens (tertiary/aromatic N) is 1. The highest BCUT2D eigenvalue weighted by atomic mass is 32.2. The monoisotopic (exact) mass is 415 g/mol. The Balaban J connectivity index is 1.75. The van der Waals surface area contributed by atoms with Crippen LogP contribution in [0.3, 0.4) is 0 Å². The number of carbonyl (C=O) groups excluding carboxylic acids is 1. The van der Waals surface area contributed by atoms with Crippen LogP contribution < -0.4 is 4.74 Å². The Bertz CT molecular complexity index is 923. The molecule has 1 amide bonds. The summed E-state index contributed by atoms with van der Waals surface area (Å²) in [6.07, 6.45) is -0.233. The smallest absolute Gasteiger partial charge is 0.263 e. The van der Waals surface area contributed by atoms with E-state index in [1.165, 1.54) is 5.56 Å². The summed E-state index contributed by atoms with van der Waals surface area (Å²) in [7, 11) is -3.10. The van der Waals surface area contributed by atoms with Crippen LogP contribution in [0.2, 0.25) is 0 Å². The van der Waals surface area contributed by atoms with E-state index in [4.69, 9.17) is 4.74 Å². The van der Waals surface area contributed by atoms with Crippen LogP contribution in [0.15, 0.2) is 54.6 Å². The molecule has 0 spiro atoms. The van der Waals surface area contributed by atoms with Crippen molar-refractivity contribution in [3.8, 4) is 5.75 Å². The van der Waals surface area contributed by atoms with Crippen LogP contribution >= 0.6 is 0 Å². The Kier molecular flexibility index (Phi) is 6.63. The Hall–Kier alpha value is -2.34. The average Bonchev–Trinajstić information content (AvgIpc) is 3.06. The van der Waals surface area contributed by atoms with E-state index in [0.717, 1.165) is 5.56 Å². The Morgan fingerprint density at radius 2 is 1.72 bits per heavy atom. The first-order valence-electron chi connectivity index (χ1n) is 10.1. The lowest BCUT2D eigenvalue weighted by Gasteiger charge is -2.31. The molecule has 2 atom stereocenters. The fourth-order valence-corrected chi connectivity index (χ4v) is 5.34. The lowest BCUT2D eigenvalue weighted by atomic mass is 10.0. The number of hydrogen-bond donors (Lipinski definition) is 0. The third-order valence-electron chi connectivity index (χ3n) is 5.34. The molecule has 0 N–H and O–H groups in total. The van der Waals surface area contributed by atoms with Crippen molar-refractivity contribution < 1.29 is 17.9 Å². The molecule has 1 saturated heterocycles. The van der Waals surface area contributed by atoms with Crippen molar-refractivity contribution in [1.82, 2.24) is 4.90 Å². The van der Waals surface area contributed by atoms with Gasteiger partial charge in [-0.05, 0) is 42.5 Å². The molecule has 2 aromatic rings. The van der Waals surface area contributed by atoms with Crippen molar-refractivity contribution in [2.45, 2.75) is 51.8 Å². The molecule has 3 rings (SSSR count). The van der Waals surface area contributed by atoms with Gasteiger partial charge in [0, 0.05) is 12.6 Å². The third kappa shape index (κ3) is 5.60. The normalized spacial score (nSPS) is 19.1. The molecule has 156 valence electrons. The zero-order valence-corrected chi connectivity index (χ0v) is 18.1. The summed E-state index contributed by atoms with van der Waals surface area (Å²) in [6, 6.07) is 17.1. The Morgan fingerprint density at radius 1 is 1.07 bits per heavy atom. The van der Waals surface area contributed by atoms with E-state index in [0.29, 0.717) is 24.6 Å². The fraction of sp³-hybridized carbons (Fsp3) is 0.435. The Labute approximate surface area is 173 Å². The van der Waals surface area contributed by atoms with Crippen molar-refractivity contribution in [1.29, 1.82) is 0 Å². The summed E-state index contributed by atoms with van der Waals surface area (Å²) < 4.78 is 29.9. The van der Waals surface area contributed by atoms with Crippen molar-refractivity contribution in [2.75, 3.05) is 11.5 Å². The van der Waals surface area contributed by atoms with E-state index < -0.39 is 15.9 Å². The number of carbonyl (C=O) groups is 1. The van der Waals surface area contributed by atoms with Crippen LogP contribution in [0.4, 0.5) is 0 Å². The maximum atomic E-state index is 13.2. The SMILES string of the molecule is CC(Oc1ccc(C(C)C)cc1)C(=O)N(Cc1ccccc1)C1CCS(=O)(=O)C1. The molecule has 0 bridgehead atoms. The van der Waals surface area contributed by atoms with Crippen LogP contribution in [0.5, 0.6) is 5.75 Å². The van der Waals surface area contributed by atoms with Crippen molar-refractivity contribution in [3.05, 3.63) is 65.7 Å². The van der Waals surface area contributed by atoms with Gasteiger partial charge in [-0.2, -0.15) is 0 Å². The van der Waals surface area contributed by atoms with Gasteiger partial charge in [-0.1, -0.05) is 56.3 Å². The summed E-state index contributed by atoms with van der Waals surface area (Å²) in [5.74, 6) is 1.01. The minimum absolute atomic E-state index is 0.0153. The van der Waals surface area contributed by atoms with E-state index in [2.05, 4.69) is 13.8 Å². The molecule has 1 aliphatic heterocycles. The zero-order valence-electron chi connectivity index (χ0n) is 17.2. The van der Waals surface area contributed by atoms with E-state index in [9.17, 15) is 13.2 Å². The lowest BCUT2D eigenvalue weighted by molar-refractivity contribution is -0.140. The third-order valence-corrected chi connectivity index (χ3v) is 7.09. The molecule has 29 heavy (non-hydrogen) atoms. The first-order valence-corrected chi connectivity index (χ1v) is 11.9.